The van der Waals surface area contributed by atoms with E-state index in [0.717, 1.165) is 42.9 Å². The lowest BCUT2D eigenvalue weighted by atomic mass is 10.2. The molecule has 2 heterocycles. The van der Waals surface area contributed by atoms with Gasteiger partial charge in [0.1, 0.15) is 11.9 Å². The van der Waals surface area contributed by atoms with Gasteiger partial charge in [-0.2, -0.15) is 14.7 Å². The van der Waals surface area contributed by atoms with Gasteiger partial charge in [-0.05, 0) is 49.1 Å². The fourth-order valence-corrected chi connectivity index (χ4v) is 4.98. The van der Waals surface area contributed by atoms with Crippen LogP contribution in [-0.2, 0) is 22.9 Å². The average Bonchev–Trinajstić information content (AvgIpc) is 3.16. The molecule has 140 valence electrons. The average molecular weight is 387 g/mol. The van der Waals surface area contributed by atoms with Gasteiger partial charge in [0.05, 0.1) is 16.2 Å². The molecular formula is C18H18FN5O2S. The number of halogens is 1. The van der Waals surface area contributed by atoms with Crippen molar-refractivity contribution < 1.29 is 12.8 Å². The highest BCUT2D eigenvalue weighted by Crippen LogP contribution is 2.25. The number of fused-ring (bicyclic) bond motifs is 1. The lowest BCUT2D eigenvalue weighted by Crippen LogP contribution is -2.49. The van der Waals surface area contributed by atoms with Crippen LogP contribution in [0.3, 0.4) is 0 Å². The molecule has 1 aliphatic heterocycles. The van der Waals surface area contributed by atoms with Crippen molar-refractivity contribution >= 4 is 15.8 Å². The molecule has 0 saturated carbocycles. The molecule has 2 aromatic rings. The summed E-state index contributed by atoms with van der Waals surface area (Å²) in [5, 5.41) is 17.5. The standard InChI is InChI=1S/C18H18FN5O2S/c19-16-5-4-15(10-14(16)12-20)27(25,26)24-8-6-23(7-9-24)18-11-13-2-1-3-17(13)21-22-18/h4-5,10-11H,1-3,6-9H2. The quantitative estimate of drug-likeness (QED) is 0.793. The second kappa shape index (κ2) is 6.87. The lowest BCUT2D eigenvalue weighted by molar-refractivity contribution is 0.383. The fraction of sp³-hybridized carbons (Fsp3) is 0.389. The van der Waals surface area contributed by atoms with Gasteiger partial charge < -0.3 is 4.90 Å². The Balaban J connectivity index is 1.49. The van der Waals surface area contributed by atoms with E-state index in [9.17, 15) is 12.8 Å². The summed E-state index contributed by atoms with van der Waals surface area (Å²) in [6, 6.07) is 7.03. The van der Waals surface area contributed by atoms with E-state index in [1.807, 2.05) is 4.90 Å². The van der Waals surface area contributed by atoms with Crippen molar-refractivity contribution in [2.45, 2.75) is 24.2 Å². The van der Waals surface area contributed by atoms with Crippen LogP contribution in [0.15, 0.2) is 29.2 Å². The van der Waals surface area contributed by atoms with E-state index in [2.05, 4.69) is 16.3 Å². The normalized spacial score (nSPS) is 17.6. The third-order valence-corrected chi connectivity index (χ3v) is 6.96. The van der Waals surface area contributed by atoms with Crippen LogP contribution in [0, 0.1) is 17.1 Å². The molecule has 1 aliphatic carbocycles. The van der Waals surface area contributed by atoms with Crippen LogP contribution < -0.4 is 4.90 Å². The highest BCUT2D eigenvalue weighted by atomic mass is 32.2. The van der Waals surface area contributed by atoms with Crippen molar-refractivity contribution in [2.24, 2.45) is 0 Å². The van der Waals surface area contributed by atoms with Crippen LogP contribution in [0.5, 0.6) is 0 Å². The highest BCUT2D eigenvalue weighted by Gasteiger charge is 2.30. The predicted molar refractivity (Wildman–Crippen MR) is 96.1 cm³/mol. The molecule has 0 amide bonds. The van der Waals surface area contributed by atoms with Crippen LogP contribution in [0.25, 0.3) is 0 Å². The zero-order valence-electron chi connectivity index (χ0n) is 14.6. The number of piperazine rings is 1. The molecule has 7 nitrogen and oxygen atoms in total. The maximum atomic E-state index is 13.5. The van der Waals surface area contributed by atoms with Crippen LogP contribution in [0.2, 0.25) is 0 Å². The number of aryl methyl sites for hydroxylation is 2. The maximum Gasteiger partial charge on any atom is 0.243 e. The van der Waals surface area contributed by atoms with Gasteiger partial charge in [0.25, 0.3) is 0 Å². The molecule has 1 fully saturated rings. The molecule has 1 aromatic carbocycles. The first kappa shape index (κ1) is 17.8. The third kappa shape index (κ3) is 3.26. The third-order valence-electron chi connectivity index (χ3n) is 5.07. The minimum Gasteiger partial charge on any atom is -0.352 e. The first-order chi connectivity index (χ1) is 13.0. The largest absolute Gasteiger partial charge is 0.352 e. The highest BCUT2D eigenvalue weighted by molar-refractivity contribution is 7.89. The van der Waals surface area contributed by atoms with E-state index >= 15 is 0 Å². The molecule has 1 aromatic heterocycles. The summed E-state index contributed by atoms with van der Waals surface area (Å²) in [6.07, 6.45) is 3.08. The Labute approximate surface area is 157 Å². The van der Waals surface area contributed by atoms with E-state index in [1.54, 1.807) is 6.07 Å². The van der Waals surface area contributed by atoms with E-state index in [4.69, 9.17) is 5.26 Å². The molecule has 0 spiro atoms. The number of hydrogen-bond donors (Lipinski definition) is 0. The SMILES string of the molecule is N#Cc1cc(S(=O)(=O)N2CCN(c3cc4c(nn3)CCC4)CC2)ccc1F. The van der Waals surface area contributed by atoms with Crippen LogP contribution in [-0.4, -0.2) is 49.1 Å². The van der Waals surface area contributed by atoms with E-state index in [1.165, 1.54) is 15.9 Å². The Morgan fingerprint density at radius 1 is 1.07 bits per heavy atom. The number of nitriles is 1. The van der Waals surface area contributed by atoms with Gasteiger partial charge in [0.2, 0.25) is 10.0 Å². The maximum absolute atomic E-state index is 13.5. The molecule has 2 aliphatic rings. The molecule has 0 bridgehead atoms. The zero-order chi connectivity index (χ0) is 19.0. The molecule has 1 saturated heterocycles. The summed E-state index contributed by atoms with van der Waals surface area (Å²) in [5.41, 5.74) is 2.01. The lowest BCUT2D eigenvalue weighted by Gasteiger charge is -2.34. The van der Waals surface area contributed by atoms with Crippen molar-refractivity contribution in [2.75, 3.05) is 31.1 Å². The minimum atomic E-state index is -3.77. The molecular weight excluding hydrogens is 369 g/mol. The molecule has 0 unspecified atom stereocenters. The first-order valence-electron chi connectivity index (χ1n) is 8.79. The number of hydrogen-bond acceptors (Lipinski definition) is 6. The summed E-state index contributed by atoms with van der Waals surface area (Å²) in [4.78, 5) is 1.97. The summed E-state index contributed by atoms with van der Waals surface area (Å²) >= 11 is 0. The van der Waals surface area contributed by atoms with Crippen molar-refractivity contribution in [3.63, 3.8) is 0 Å². The van der Waals surface area contributed by atoms with Crippen molar-refractivity contribution in [3.8, 4) is 6.07 Å². The van der Waals surface area contributed by atoms with E-state index < -0.39 is 15.8 Å². The van der Waals surface area contributed by atoms with Crippen molar-refractivity contribution in [1.29, 1.82) is 5.26 Å². The van der Waals surface area contributed by atoms with Crippen LogP contribution >= 0.6 is 0 Å². The van der Waals surface area contributed by atoms with E-state index in [0.29, 0.717) is 26.2 Å². The monoisotopic (exact) mass is 387 g/mol. The van der Waals surface area contributed by atoms with E-state index in [-0.39, 0.29) is 10.5 Å². The van der Waals surface area contributed by atoms with Gasteiger partial charge >= 0.3 is 0 Å². The minimum absolute atomic E-state index is 0.0637. The second-order valence-electron chi connectivity index (χ2n) is 6.67. The Bertz CT molecular complexity index is 1030. The second-order valence-corrected chi connectivity index (χ2v) is 8.61. The van der Waals surface area contributed by atoms with Crippen molar-refractivity contribution in [3.05, 3.63) is 46.9 Å². The van der Waals surface area contributed by atoms with Gasteiger partial charge in [-0.1, -0.05) is 0 Å². The van der Waals surface area contributed by atoms with Gasteiger partial charge in [-0.25, -0.2) is 12.8 Å². The Hall–Kier alpha value is -2.57. The smallest absolute Gasteiger partial charge is 0.243 e. The number of benzene rings is 1. The number of aromatic nitrogens is 2. The summed E-state index contributed by atoms with van der Waals surface area (Å²) in [5.74, 6) is 0.0534. The van der Waals surface area contributed by atoms with Crippen LogP contribution in [0.1, 0.15) is 23.2 Å². The van der Waals surface area contributed by atoms with Gasteiger partial charge in [0.15, 0.2) is 5.82 Å². The molecule has 9 heteroatoms. The molecule has 0 atom stereocenters. The summed E-state index contributed by atoms with van der Waals surface area (Å²) < 4.78 is 40.5. The first-order valence-corrected chi connectivity index (χ1v) is 10.2. The Morgan fingerprint density at radius 2 is 1.85 bits per heavy atom. The fourth-order valence-electron chi connectivity index (χ4n) is 3.53. The molecule has 0 N–H and O–H groups in total. The van der Waals surface area contributed by atoms with Crippen molar-refractivity contribution in [1.82, 2.24) is 14.5 Å². The topological polar surface area (TPSA) is 90.2 Å². The van der Waals surface area contributed by atoms with Crippen LogP contribution in [0.4, 0.5) is 10.2 Å². The summed E-state index contributed by atoms with van der Waals surface area (Å²) in [7, 11) is -3.77. The number of sulfonamides is 1. The molecule has 0 radical (unpaired) electrons. The number of rotatable bonds is 3. The van der Waals surface area contributed by atoms with Gasteiger partial charge in [-0.3, -0.25) is 0 Å². The predicted octanol–water partition coefficient (Wildman–Crippen LogP) is 1.49. The van der Waals surface area contributed by atoms with Gasteiger partial charge in [0, 0.05) is 26.2 Å². The Kier molecular flexibility index (Phi) is 4.53. The number of nitrogens with zero attached hydrogens (tertiary/aromatic N) is 5. The number of anilines is 1. The molecule has 27 heavy (non-hydrogen) atoms. The van der Waals surface area contributed by atoms with Gasteiger partial charge in [-0.15, -0.1) is 5.10 Å². The summed E-state index contributed by atoms with van der Waals surface area (Å²) in [6.45, 7) is 1.58. The Morgan fingerprint density at radius 3 is 2.59 bits per heavy atom. The molecule has 4 rings (SSSR count). The zero-order valence-corrected chi connectivity index (χ0v) is 15.4.